The van der Waals surface area contributed by atoms with Crippen LogP contribution in [-0.2, 0) is 11.2 Å². The molecule has 0 fully saturated rings. The van der Waals surface area contributed by atoms with E-state index in [2.05, 4.69) is 42.0 Å². The van der Waals surface area contributed by atoms with Gasteiger partial charge in [0, 0.05) is 13.2 Å². The van der Waals surface area contributed by atoms with E-state index in [4.69, 9.17) is 4.74 Å². The Bertz CT molecular complexity index is 398. The monoisotopic (exact) mass is 331 g/mol. The molecule has 0 saturated heterocycles. The number of hydrogen-bond donors (Lipinski definition) is 1. The van der Waals surface area contributed by atoms with E-state index in [1.807, 2.05) is 6.07 Å². The normalized spacial score (nSPS) is 14.7. The fraction of sp³-hybridized carbons (Fsp3) is 0.600. The fourth-order valence-corrected chi connectivity index (χ4v) is 2.84. The molecule has 0 spiro atoms. The van der Waals surface area contributed by atoms with Crippen LogP contribution in [0.5, 0.6) is 0 Å². The topological polar surface area (TPSA) is 21.3 Å². The minimum Gasteiger partial charge on any atom is -0.380 e. The third-order valence-electron chi connectivity index (χ3n) is 3.26. The van der Waals surface area contributed by atoms with Crippen LogP contribution in [-0.4, -0.2) is 25.8 Å². The highest BCUT2D eigenvalue weighted by Crippen LogP contribution is 2.23. The number of ether oxygens (including phenoxy) is 1. The number of halogens is 2. The molecule has 108 valence electrons. The van der Waals surface area contributed by atoms with Crippen molar-refractivity contribution in [3.05, 3.63) is 34.1 Å². The smallest absolute Gasteiger partial charge is 0.137 e. The maximum Gasteiger partial charge on any atom is 0.137 e. The van der Waals surface area contributed by atoms with E-state index in [-0.39, 0.29) is 18.0 Å². The highest BCUT2D eigenvalue weighted by Gasteiger charge is 2.24. The second-order valence-electron chi connectivity index (χ2n) is 5.03. The number of hydrogen-bond acceptors (Lipinski definition) is 2. The molecule has 0 heterocycles. The van der Waals surface area contributed by atoms with E-state index in [0.717, 1.165) is 18.5 Å². The Morgan fingerprint density at radius 2 is 2.05 bits per heavy atom. The molecule has 0 aromatic heterocycles. The van der Waals surface area contributed by atoms with Crippen LogP contribution in [0, 0.1) is 11.7 Å². The molecule has 0 aliphatic heterocycles. The van der Waals surface area contributed by atoms with Crippen molar-refractivity contribution in [1.29, 1.82) is 0 Å². The van der Waals surface area contributed by atoms with E-state index in [0.29, 0.717) is 10.4 Å². The van der Waals surface area contributed by atoms with Gasteiger partial charge in [-0.3, -0.25) is 0 Å². The maximum absolute atomic E-state index is 13.6. The SMILES string of the molecule is CCNC(Cc1cccc(F)c1Br)C(OC)C(C)C. The summed E-state index contributed by atoms with van der Waals surface area (Å²) in [6.07, 6.45) is 0.846. The van der Waals surface area contributed by atoms with Crippen LogP contribution in [0.4, 0.5) is 4.39 Å². The molecule has 1 aromatic rings. The van der Waals surface area contributed by atoms with Crippen LogP contribution in [0.15, 0.2) is 22.7 Å². The van der Waals surface area contributed by atoms with Crippen molar-refractivity contribution < 1.29 is 9.13 Å². The molecule has 1 rings (SSSR count). The summed E-state index contributed by atoms with van der Waals surface area (Å²) in [5, 5.41) is 3.44. The van der Waals surface area contributed by atoms with Gasteiger partial charge in [-0.25, -0.2) is 4.39 Å². The summed E-state index contributed by atoms with van der Waals surface area (Å²) in [4.78, 5) is 0. The average molecular weight is 332 g/mol. The molecule has 2 unspecified atom stereocenters. The third-order valence-corrected chi connectivity index (χ3v) is 4.15. The number of methoxy groups -OCH3 is 1. The number of nitrogens with one attached hydrogen (secondary N) is 1. The van der Waals surface area contributed by atoms with Crippen molar-refractivity contribution in [3.8, 4) is 0 Å². The van der Waals surface area contributed by atoms with Gasteiger partial charge in [0.05, 0.1) is 10.6 Å². The van der Waals surface area contributed by atoms with E-state index in [9.17, 15) is 4.39 Å². The van der Waals surface area contributed by atoms with Gasteiger partial charge in [-0.15, -0.1) is 0 Å². The standard InChI is InChI=1S/C15H23BrFNO/c1-5-18-13(15(19-4)10(2)3)9-11-7-6-8-12(17)14(11)16/h6-8,10,13,15,18H,5,9H2,1-4H3. The molecule has 0 radical (unpaired) electrons. The molecule has 1 N–H and O–H groups in total. The van der Waals surface area contributed by atoms with Gasteiger partial charge in [-0.1, -0.05) is 32.9 Å². The average Bonchev–Trinajstić information content (AvgIpc) is 2.35. The van der Waals surface area contributed by atoms with Gasteiger partial charge in [0.15, 0.2) is 0 Å². The summed E-state index contributed by atoms with van der Waals surface area (Å²) in [5.41, 5.74) is 0.966. The Labute approximate surface area is 123 Å². The van der Waals surface area contributed by atoms with Gasteiger partial charge in [0.25, 0.3) is 0 Å². The first-order valence-electron chi connectivity index (χ1n) is 6.70. The number of likely N-dealkylation sites (N-methyl/N-ethyl adjacent to an activating group) is 1. The van der Waals surface area contributed by atoms with E-state index >= 15 is 0 Å². The van der Waals surface area contributed by atoms with Crippen molar-refractivity contribution in [3.63, 3.8) is 0 Å². The van der Waals surface area contributed by atoms with Gasteiger partial charge in [-0.05, 0) is 46.4 Å². The Morgan fingerprint density at radius 1 is 1.37 bits per heavy atom. The summed E-state index contributed by atoms with van der Waals surface area (Å²) in [5.74, 6) is 0.188. The predicted octanol–water partition coefficient (Wildman–Crippen LogP) is 3.78. The van der Waals surface area contributed by atoms with Gasteiger partial charge < -0.3 is 10.1 Å². The van der Waals surface area contributed by atoms with Gasteiger partial charge in [0.2, 0.25) is 0 Å². The molecule has 0 bridgehead atoms. The van der Waals surface area contributed by atoms with Crippen molar-refractivity contribution in [2.24, 2.45) is 5.92 Å². The Hall–Kier alpha value is -0.450. The second-order valence-corrected chi connectivity index (χ2v) is 5.82. The highest BCUT2D eigenvalue weighted by atomic mass is 79.9. The zero-order chi connectivity index (χ0) is 14.4. The van der Waals surface area contributed by atoms with Crippen molar-refractivity contribution in [2.45, 2.75) is 39.3 Å². The first kappa shape index (κ1) is 16.6. The lowest BCUT2D eigenvalue weighted by Crippen LogP contribution is -2.45. The van der Waals surface area contributed by atoms with Gasteiger partial charge in [0.1, 0.15) is 5.82 Å². The summed E-state index contributed by atoms with van der Waals surface area (Å²) < 4.78 is 19.7. The lowest BCUT2D eigenvalue weighted by molar-refractivity contribution is 0.0336. The summed E-state index contributed by atoms with van der Waals surface area (Å²) in [6, 6.07) is 5.33. The number of benzene rings is 1. The van der Waals surface area contributed by atoms with Crippen LogP contribution in [0.2, 0.25) is 0 Å². The van der Waals surface area contributed by atoms with Gasteiger partial charge >= 0.3 is 0 Å². The Morgan fingerprint density at radius 3 is 2.58 bits per heavy atom. The molecule has 0 amide bonds. The molecule has 0 aliphatic carbocycles. The minimum absolute atomic E-state index is 0.107. The lowest BCUT2D eigenvalue weighted by atomic mass is 9.93. The first-order chi connectivity index (χ1) is 9.01. The summed E-state index contributed by atoms with van der Waals surface area (Å²) in [7, 11) is 1.73. The summed E-state index contributed by atoms with van der Waals surface area (Å²) >= 11 is 3.32. The second kappa shape index (κ2) is 7.98. The largest absolute Gasteiger partial charge is 0.380 e. The first-order valence-corrected chi connectivity index (χ1v) is 7.49. The van der Waals surface area contributed by atoms with E-state index < -0.39 is 0 Å². The van der Waals surface area contributed by atoms with Crippen molar-refractivity contribution in [1.82, 2.24) is 5.32 Å². The van der Waals surface area contributed by atoms with Gasteiger partial charge in [-0.2, -0.15) is 0 Å². The summed E-state index contributed by atoms with van der Waals surface area (Å²) in [6.45, 7) is 7.21. The molecule has 0 saturated carbocycles. The molecule has 2 atom stereocenters. The zero-order valence-electron chi connectivity index (χ0n) is 12.0. The zero-order valence-corrected chi connectivity index (χ0v) is 13.6. The molecule has 1 aromatic carbocycles. The highest BCUT2D eigenvalue weighted by molar-refractivity contribution is 9.10. The lowest BCUT2D eigenvalue weighted by Gasteiger charge is -2.30. The Balaban J connectivity index is 2.91. The van der Waals surface area contributed by atoms with Crippen molar-refractivity contribution >= 4 is 15.9 Å². The molecular weight excluding hydrogens is 309 g/mol. The maximum atomic E-state index is 13.6. The quantitative estimate of drug-likeness (QED) is 0.820. The van der Waals surface area contributed by atoms with Crippen LogP contribution < -0.4 is 5.32 Å². The number of rotatable bonds is 7. The van der Waals surface area contributed by atoms with Crippen LogP contribution in [0.1, 0.15) is 26.3 Å². The minimum atomic E-state index is -0.216. The van der Waals surface area contributed by atoms with E-state index in [1.54, 1.807) is 13.2 Å². The van der Waals surface area contributed by atoms with Crippen LogP contribution >= 0.6 is 15.9 Å². The molecule has 4 heteroatoms. The third kappa shape index (κ3) is 4.55. The molecule has 2 nitrogen and oxygen atoms in total. The van der Waals surface area contributed by atoms with Crippen LogP contribution in [0.3, 0.4) is 0 Å². The molecular formula is C15H23BrFNO. The van der Waals surface area contributed by atoms with Crippen LogP contribution in [0.25, 0.3) is 0 Å². The predicted molar refractivity (Wildman–Crippen MR) is 80.9 cm³/mol. The molecule has 0 aliphatic rings. The fourth-order valence-electron chi connectivity index (χ4n) is 2.41. The Kier molecular flexibility index (Phi) is 6.97. The molecule has 19 heavy (non-hydrogen) atoms. The van der Waals surface area contributed by atoms with Crippen molar-refractivity contribution in [2.75, 3.05) is 13.7 Å². The van der Waals surface area contributed by atoms with E-state index in [1.165, 1.54) is 6.07 Å².